The van der Waals surface area contributed by atoms with Gasteiger partial charge in [-0.25, -0.2) is 0 Å². The zero-order valence-corrected chi connectivity index (χ0v) is 20.8. The van der Waals surface area contributed by atoms with E-state index in [1.165, 1.54) is 51.4 Å². The number of carbonyl (C=O) groups is 2. The SMILES string of the molecule is C[CH-]CCCCCCCCC.O=C([O-])CC(=O)[O-].[K+].[K+].[Li+]. The van der Waals surface area contributed by atoms with Crippen molar-refractivity contribution in [1.82, 2.24) is 0 Å². The van der Waals surface area contributed by atoms with Gasteiger partial charge in [0, 0.05) is 18.4 Å². The topological polar surface area (TPSA) is 80.3 Å². The van der Waals surface area contributed by atoms with Gasteiger partial charge in [0.25, 0.3) is 0 Å². The zero-order valence-electron chi connectivity index (χ0n) is 14.6. The molecule has 0 aromatic carbocycles. The largest absolute Gasteiger partial charge is 1.00 e. The van der Waals surface area contributed by atoms with Gasteiger partial charge in [-0.1, -0.05) is 51.9 Å². The summed E-state index contributed by atoms with van der Waals surface area (Å²) < 4.78 is 0. The van der Waals surface area contributed by atoms with Crippen LogP contribution in [0.1, 0.15) is 71.6 Å². The Bertz CT molecular complexity index is 197. The van der Waals surface area contributed by atoms with E-state index in [2.05, 4.69) is 20.3 Å². The van der Waals surface area contributed by atoms with Crippen molar-refractivity contribution in [2.45, 2.75) is 71.6 Å². The van der Waals surface area contributed by atoms with E-state index in [1.54, 1.807) is 0 Å². The van der Waals surface area contributed by atoms with Gasteiger partial charge in [0.15, 0.2) is 0 Å². The molecule has 0 saturated carbocycles. The fraction of sp³-hybridized carbons (Fsp3) is 0.786. The molecule has 7 heteroatoms. The van der Waals surface area contributed by atoms with E-state index in [-0.39, 0.29) is 122 Å². The first kappa shape index (κ1) is 35.0. The first-order valence-electron chi connectivity index (χ1n) is 6.72. The molecule has 0 saturated heterocycles. The van der Waals surface area contributed by atoms with Crippen molar-refractivity contribution in [3.8, 4) is 0 Å². The summed E-state index contributed by atoms with van der Waals surface area (Å²) in [5.41, 5.74) is 0. The summed E-state index contributed by atoms with van der Waals surface area (Å²) in [4.78, 5) is 18.6. The Morgan fingerprint density at radius 2 is 1.24 bits per heavy atom. The summed E-state index contributed by atoms with van der Waals surface area (Å²) in [6.45, 7) is 4.42. The number of carboxylic acid groups (broad SMARTS) is 2. The second kappa shape index (κ2) is 30.7. The number of hydrogen-bond donors (Lipinski definition) is 0. The second-order valence-corrected chi connectivity index (χ2v) is 4.24. The van der Waals surface area contributed by atoms with Gasteiger partial charge in [0.2, 0.25) is 0 Å². The monoisotopic (exact) mass is 342 g/mol. The molecule has 0 radical (unpaired) electrons. The van der Waals surface area contributed by atoms with Crippen LogP contribution in [0.25, 0.3) is 0 Å². The quantitative estimate of drug-likeness (QED) is 0.171. The third-order valence-electron chi connectivity index (χ3n) is 2.39. The molecule has 108 valence electrons. The van der Waals surface area contributed by atoms with Crippen molar-refractivity contribution in [2.75, 3.05) is 0 Å². The van der Waals surface area contributed by atoms with Crippen molar-refractivity contribution in [2.24, 2.45) is 0 Å². The van der Waals surface area contributed by atoms with Crippen molar-refractivity contribution in [3.63, 3.8) is 0 Å². The summed E-state index contributed by atoms with van der Waals surface area (Å²) in [6.07, 6.45) is 12.6. The standard InChI is InChI=1S/C11H23.C3H4O4.2K.Li/c1-3-5-7-9-11-10-8-6-4-2;4-2(5)1-3(6)7;;;/h3H,4-11H2,1-2H3;1H2,(H,4,5)(H,6,7);;;/q-1;;3*+1/p-2. The van der Waals surface area contributed by atoms with Gasteiger partial charge in [-0.15, -0.1) is 0 Å². The zero-order chi connectivity index (χ0) is 14.2. The van der Waals surface area contributed by atoms with Crippen molar-refractivity contribution in [3.05, 3.63) is 6.42 Å². The number of aliphatic carboxylic acids is 2. The summed E-state index contributed by atoms with van der Waals surface area (Å²) in [5, 5.41) is 18.6. The average Bonchev–Trinajstić information content (AvgIpc) is 2.27. The van der Waals surface area contributed by atoms with Crippen LogP contribution in [-0.4, -0.2) is 11.9 Å². The van der Waals surface area contributed by atoms with E-state index in [0.29, 0.717) is 0 Å². The second-order valence-electron chi connectivity index (χ2n) is 4.24. The molecule has 0 aliphatic heterocycles. The van der Waals surface area contributed by atoms with Crippen LogP contribution >= 0.6 is 0 Å². The van der Waals surface area contributed by atoms with E-state index in [0.717, 1.165) is 0 Å². The summed E-state index contributed by atoms with van der Waals surface area (Å²) in [7, 11) is 0. The fourth-order valence-corrected chi connectivity index (χ4v) is 1.42. The molecule has 0 bridgehead atoms. The molecule has 0 aromatic heterocycles. The minimum atomic E-state index is -1.63. The molecule has 0 aromatic rings. The van der Waals surface area contributed by atoms with Crippen LogP contribution in [0.15, 0.2) is 0 Å². The number of hydrogen-bond acceptors (Lipinski definition) is 4. The third kappa shape index (κ3) is 45.0. The first-order valence-corrected chi connectivity index (χ1v) is 6.72. The van der Waals surface area contributed by atoms with E-state index in [4.69, 9.17) is 0 Å². The average molecular weight is 342 g/mol. The molecule has 0 amide bonds. The summed E-state index contributed by atoms with van der Waals surface area (Å²) in [5.74, 6) is -3.25. The minimum absolute atomic E-state index is 0. The van der Waals surface area contributed by atoms with Crippen LogP contribution in [-0.2, 0) is 9.59 Å². The maximum atomic E-state index is 9.28. The maximum absolute atomic E-state index is 9.28. The summed E-state index contributed by atoms with van der Waals surface area (Å²) in [6, 6.07) is 0. The van der Waals surface area contributed by atoms with Gasteiger partial charge in [-0.3, -0.25) is 0 Å². The molecule has 0 fully saturated rings. The number of carboxylic acids is 2. The van der Waals surface area contributed by atoms with Crippen molar-refractivity contribution >= 4 is 11.9 Å². The fourth-order valence-electron chi connectivity index (χ4n) is 1.42. The molecule has 0 atom stereocenters. The number of rotatable bonds is 10. The number of carbonyl (C=O) groups excluding carboxylic acids is 2. The Morgan fingerprint density at radius 3 is 1.52 bits per heavy atom. The summed E-state index contributed by atoms with van der Waals surface area (Å²) >= 11 is 0. The van der Waals surface area contributed by atoms with Crippen molar-refractivity contribution < 1.29 is 141 Å². The van der Waals surface area contributed by atoms with E-state index >= 15 is 0 Å². The predicted octanol–water partition coefficient (Wildman–Crippen LogP) is -7.76. The smallest absolute Gasteiger partial charge is 0.550 e. The van der Waals surface area contributed by atoms with E-state index < -0.39 is 18.4 Å². The molecule has 0 aliphatic carbocycles. The molecule has 0 spiro atoms. The van der Waals surface area contributed by atoms with E-state index in [1.807, 2.05) is 0 Å². The van der Waals surface area contributed by atoms with Gasteiger partial charge >= 0.3 is 122 Å². The van der Waals surface area contributed by atoms with Gasteiger partial charge in [-0.05, 0) is 0 Å². The van der Waals surface area contributed by atoms with Gasteiger partial charge in [-0.2, -0.15) is 13.3 Å². The van der Waals surface area contributed by atoms with Gasteiger partial charge in [0.1, 0.15) is 0 Å². The normalized spacial score (nSPS) is 8.10. The molecule has 0 unspecified atom stereocenters. The Hall–Kier alpha value is 2.81. The van der Waals surface area contributed by atoms with Gasteiger partial charge < -0.3 is 26.2 Å². The Labute approximate surface area is 227 Å². The molecule has 0 aliphatic rings. The van der Waals surface area contributed by atoms with Crippen molar-refractivity contribution in [1.29, 1.82) is 0 Å². The Balaban J connectivity index is -0.0000000762. The van der Waals surface area contributed by atoms with Crippen LogP contribution in [0, 0.1) is 6.42 Å². The molecule has 21 heavy (non-hydrogen) atoms. The molecule has 0 heterocycles. The number of unbranched alkanes of at least 4 members (excludes halogenated alkanes) is 8. The Kier molecular flexibility index (Phi) is 51.1. The first-order chi connectivity index (χ1) is 8.54. The van der Waals surface area contributed by atoms with Crippen LogP contribution < -0.4 is 132 Å². The Morgan fingerprint density at radius 1 is 0.857 bits per heavy atom. The van der Waals surface area contributed by atoms with Crippen LogP contribution in [0.5, 0.6) is 0 Å². The maximum Gasteiger partial charge on any atom is 1.00 e. The molecule has 4 nitrogen and oxygen atoms in total. The molecule has 0 rings (SSSR count). The van der Waals surface area contributed by atoms with Gasteiger partial charge in [0.05, 0.1) is 0 Å². The van der Waals surface area contributed by atoms with Crippen LogP contribution in [0.3, 0.4) is 0 Å². The molecule has 0 N–H and O–H groups in total. The van der Waals surface area contributed by atoms with E-state index in [9.17, 15) is 19.8 Å². The predicted molar refractivity (Wildman–Crippen MR) is 67.2 cm³/mol. The van der Waals surface area contributed by atoms with Crippen LogP contribution in [0.2, 0.25) is 0 Å². The minimum Gasteiger partial charge on any atom is -0.550 e. The van der Waals surface area contributed by atoms with Crippen LogP contribution in [0.4, 0.5) is 0 Å². The third-order valence-corrected chi connectivity index (χ3v) is 2.39. The molecular weight excluding hydrogens is 317 g/mol. The molecular formula is C14H25K2LiO4.